The van der Waals surface area contributed by atoms with Gasteiger partial charge in [0.05, 0.1) is 6.42 Å². The molecule has 0 heterocycles. The number of carbonyl (C=O) groups excluding carboxylic acids is 1. The normalized spacial score (nSPS) is 13.8. The first-order chi connectivity index (χ1) is 9.56. The molecule has 1 N–H and O–H groups in total. The molecule has 5 nitrogen and oxygen atoms in total. The molecule has 1 aliphatic carbocycles. The molecule has 0 radical (unpaired) electrons. The van der Waals surface area contributed by atoms with Crippen LogP contribution in [0.1, 0.15) is 24.8 Å². The highest BCUT2D eigenvalue weighted by atomic mass is 16.5. The first-order valence-electron chi connectivity index (χ1n) is 6.77. The van der Waals surface area contributed by atoms with Gasteiger partial charge in [-0.1, -0.05) is 12.1 Å². The summed E-state index contributed by atoms with van der Waals surface area (Å²) in [7, 11) is 0. The summed E-state index contributed by atoms with van der Waals surface area (Å²) in [4.78, 5) is 24.3. The predicted octanol–water partition coefficient (Wildman–Crippen LogP) is 1.84. The monoisotopic (exact) mass is 277 g/mol. The highest BCUT2D eigenvalue weighted by Crippen LogP contribution is 2.27. The first kappa shape index (κ1) is 14.4. The third kappa shape index (κ3) is 4.26. The SMILES string of the molecule is Cc1cccc(OCC(=O)N(CCC(=O)O)C2CC2)c1. The quantitative estimate of drug-likeness (QED) is 0.825. The van der Waals surface area contributed by atoms with Crippen LogP contribution < -0.4 is 4.74 Å². The molecule has 1 fully saturated rings. The molecular weight excluding hydrogens is 258 g/mol. The van der Waals surface area contributed by atoms with Crippen molar-refractivity contribution in [3.8, 4) is 5.75 Å². The van der Waals surface area contributed by atoms with Crippen molar-refractivity contribution in [1.82, 2.24) is 4.90 Å². The molecule has 2 rings (SSSR count). The standard InChI is InChI=1S/C15H19NO4/c1-11-3-2-4-13(9-11)20-10-14(17)16(12-5-6-12)8-7-15(18)19/h2-4,9,12H,5-8,10H2,1H3,(H,18,19). The molecule has 1 aliphatic rings. The van der Waals surface area contributed by atoms with Crippen molar-refractivity contribution in [3.05, 3.63) is 29.8 Å². The van der Waals surface area contributed by atoms with E-state index in [2.05, 4.69) is 0 Å². The minimum absolute atomic E-state index is 0.0211. The molecule has 0 saturated heterocycles. The van der Waals surface area contributed by atoms with Crippen LogP contribution in [0.4, 0.5) is 0 Å². The van der Waals surface area contributed by atoms with E-state index < -0.39 is 5.97 Å². The fourth-order valence-corrected chi connectivity index (χ4v) is 2.05. The fourth-order valence-electron chi connectivity index (χ4n) is 2.05. The van der Waals surface area contributed by atoms with Gasteiger partial charge >= 0.3 is 5.97 Å². The molecule has 1 aromatic carbocycles. The summed E-state index contributed by atoms with van der Waals surface area (Å²) < 4.78 is 5.48. The summed E-state index contributed by atoms with van der Waals surface area (Å²) >= 11 is 0. The summed E-state index contributed by atoms with van der Waals surface area (Å²) in [5.74, 6) is -0.370. The van der Waals surface area contributed by atoms with Gasteiger partial charge in [0.2, 0.25) is 0 Å². The summed E-state index contributed by atoms with van der Waals surface area (Å²) in [5.41, 5.74) is 1.07. The number of carbonyl (C=O) groups is 2. The summed E-state index contributed by atoms with van der Waals surface area (Å²) in [6.07, 6.45) is 1.89. The van der Waals surface area contributed by atoms with Gasteiger partial charge in [-0.3, -0.25) is 9.59 Å². The maximum Gasteiger partial charge on any atom is 0.305 e. The van der Waals surface area contributed by atoms with Crippen molar-refractivity contribution < 1.29 is 19.4 Å². The van der Waals surface area contributed by atoms with Gasteiger partial charge < -0.3 is 14.7 Å². The van der Waals surface area contributed by atoms with Gasteiger partial charge in [0.15, 0.2) is 6.61 Å². The van der Waals surface area contributed by atoms with Crippen molar-refractivity contribution in [2.24, 2.45) is 0 Å². The van der Waals surface area contributed by atoms with Crippen molar-refractivity contribution >= 4 is 11.9 Å². The van der Waals surface area contributed by atoms with Crippen LogP contribution in [0.3, 0.4) is 0 Å². The lowest BCUT2D eigenvalue weighted by Crippen LogP contribution is -2.38. The zero-order valence-electron chi connectivity index (χ0n) is 11.5. The number of aliphatic carboxylic acids is 1. The van der Waals surface area contributed by atoms with E-state index >= 15 is 0 Å². The number of benzene rings is 1. The van der Waals surface area contributed by atoms with Crippen LogP contribution in [0.15, 0.2) is 24.3 Å². The Morgan fingerprint density at radius 3 is 2.75 bits per heavy atom. The molecule has 108 valence electrons. The van der Waals surface area contributed by atoms with Crippen LogP contribution in [0.25, 0.3) is 0 Å². The first-order valence-corrected chi connectivity index (χ1v) is 6.77. The molecule has 20 heavy (non-hydrogen) atoms. The van der Waals surface area contributed by atoms with Crippen LogP contribution in [-0.2, 0) is 9.59 Å². The lowest BCUT2D eigenvalue weighted by atomic mass is 10.2. The van der Waals surface area contributed by atoms with Gasteiger partial charge in [0.25, 0.3) is 5.91 Å². The number of carboxylic acids is 1. The minimum Gasteiger partial charge on any atom is -0.484 e. The topological polar surface area (TPSA) is 66.8 Å². The number of hydrogen-bond acceptors (Lipinski definition) is 3. The van der Waals surface area contributed by atoms with Crippen molar-refractivity contribution in [3.63, 3.8) is 0 Å². The number of nitrogens with zero attached hydrogens (tertiary/aromatic N) is 1. The minimum atomic E-state index is -0.886. The second-order valence-corrected chi connectivity index (χ2v) is 5.07. The molecule has 1 aromatic rings. The van der Waals surface area contributed by atoms with Gasteiger partial charge in [-0.25, -0.2) is 0 Å². The van der Waals surface area contributed by atoms with Gasteiger partial charge in [-0.05, 0) is 37.5 Å². The lowest BCUT2D eigenvalue weighted by molar-refractivity contribution is -0.139. The molecule has 1 amide bonds. The third-order valence-electron chi connectivity index (χ3n) is 3.23. The Morgan fingerprint density at radius 2 is 2.15 bits per heavy atom. The Hall–Kier alpha value is -2.04. The second-order valence-electron chi connectivity index (χ2n) is 5.07. The van der Waals surface area contributed by atoms with E-state index in [-0.39, 0.29) is 31.5 Å². The van der Waals surface area contributed by atoms with E-state index in [1.165, 1.54) is 0 Å². The molecule has 0 spiro atoms. The Balaban J connectivity index is 1.86. The lowest BCUT2D eigenvalue weighted by Gasteiger charge is -2.21. The molecular formula is C15H19NO4. The molecule has 0 aliphatic heterocycles. The zero-order chi connectivity index (χ0) is 14.5. The van der Waals surface area contributed by atoms with Crippen LogP contribution >= 0.6 is 0 Å². The molecule has 5 heteroatoms. The highest BCUT2D eigenvalue weighted by Gasteiger charge is 2.32. The number of aryl methyl sites for hydroxylation is 1. The van der Waals surface area contributed by atoms with E-state index in [1.54, 1.807) is 11.0 Å². The van der Waals surface area contributed by atoms with Gasteiger partial charge in [0.1, 0.15) is 5.75 Å². The second kappa shape index (κ2) is 6.41. The van der Waals surface area contributed by atoms with Crippen molar-refractivity contribution in [2.75, 3.05) is 13.2 Å². The highest BCUT2D eigenvalue weighted by molar-refractivity contribution is 5.79. The number of rotatable bonds is 7. The zero-order valence-corrected chi connectivity index (χ0v) is 11.5. The van der Waals surface area contributed by atoms with E-state index in [0.717, 1.165) is 18.4 Å². The maximum absolute atomic E-state index is 12.1. The van der Waals surface area contributed by atoms with Crippen molar-refractivity contribution in [1.29, 1.82) is 0 Å². The molecule has 0 unspecified atom stereocenters. The number of amides is 1. The van der Waals surface area contributed by atoms with Gasteiger partial charge in [0, 0.05) is 12.6 Å². The number of carboxylic acid groups (broad SMARTS) is 1. The van der Waals surface area contributed by atoms with E-state index in [1.807, 2.05) is 25.1 Å². The average Bonchev–Trinajstić information content (AvgIpc) is 3.21. The average molecular weight is 277 g/mol. The number of ether oxygens (including phenoxy) is 1. The van der Waals surface area contributed by atoms with Crippen molar-refractivity contribution in [2.45, 2.75) is 32.2 Å². The summed E-state index contributed by atoms with van der Waals surface area (Å²) in [6.45, 7) is 2.17. The van der Waals surface area contributed by atoms with Crippen LogP contribution in [-0.4, -0.2) is 41.1 Å². The molecule has 0 bridgehead atoms. The smallest absolute Gasteiger partial charge is 0.305 e. The van der Waals surface area contributed by atoms with Crippen LogP contribution in [0.5, 0.6) is 5.75 Å². The Kier molecular flexibility index (Phi) is 4.61. The molecule has 1 saturated carbocycles. The summed E-state index contributed by atoms with van der Waals surface area (Å²) in [6, 6.07) is 7.70. The van der Waals surface area contributed by atoms with Gasteiger partial charge in [-0.15, -0.1) is 0 Å². The Bertz CT molecular complexity index is 496. The van der Waals surface area contributed by atoms with Gasteiger partial charge in [-0.2, -0.15) is 0 Å². The van der Waals surface area contributed by atoms with E-state index in [0.29, 0.717) is 5.75 Å². The summed E-state index contributed by atoms with van der Waals surface area (Å²) in [5, 5.41) is 8.72. The Labute approximate surface area is 118 Å². The predicted molar refractivity (Wildman–Crippen MR) is 73.7 cm³/mol. The van der Waals surface area contributed by atoms with Crippen LogP contribution in [0.2, 0.25) is 0 Å². The molecule has 0 atom stereocenters. The Morgan fingerprint density at radius 1 is 1.40 bits per heavy atom. The number of hydrogen-bond donors (Lipinski definition) is 1. The van der Waals surface area contributed by atoms with Crippen LogP contribution in [0, 0.1) is 6.92 Å². The largest absolute Gasteiger partial charge is 0.484 e. The maximum atomic E-state index is 12.1. The van der Waals surface area contributed by atoms with E-state index in [4.69, 9.17) is 9.84 Å². The fraction of sp³-hybridized carbons (Fsp3) is 0.467. The molecule has 0 aromatic heterocycles. The third-order valence-corrected chi connectivity index (χ3v) is 3.23. The van der Waals surface area contributed by atoms with E-state index in [9.17, 15) is 9.59 Å².